The number of hydrogen-bond donors (Lipinski definition) is 2. The highest BCUT2D eigenvalue weighted by atomic mass is 16.4. The molecule has 0 bridgehead atoms. The number of pyridine rings is 1. The molecule has 6 nitrogen and oxygen atoms in total. The molecule has 0 unspecified atom stereocenters. The Morgan fingerprint density at radius 2 is 2.08 bits per heavy atom. The van der Waals surface area contributed by atoms with E-state index in [2.05, 4.69) is 20.3 Å². The third-order valence-corrected chi connectivity index (χ3v) is 4.54. The Labute approximate surface area is 141 Å². The molecule has 0 aliphatic carbocycles. The number of nitrogens with zero attached hydrogens (tertiary/aromatic N) is 3. The molecule has 3 rings (SSSR count). The quantitative estimate of drug-likeness (QED) is 0.878. The van der Waals surface area contributed by atoms with Gasteiger partial charge in [0, 0.05) is 30.7 Å². The van der Waals surface area contributed by atoms with Gasteiger partial charge in [-0.3, -0.25) is 25.1 Å². The fourth-order valence-electron chi connectivity index (χ4n) is 3.64. The number of aliphatic carboxylic acids is 1. The van der Waals surface area contributed by atoms with Crippen molar-refractivity contribution in [3.8, 4) is 0 Å². The van der Waals surface area contributed by atoms with Gasteiger partial charge in [-0.15, -0.1) is 0 Å². The van der Waals surface area contributed by atoms with Gasteiger partial charge in [-0.05, 0) is 30.9 Å². The van der Waals surface area contributed by atoms with E-state index in [1.807, 2.05) is 32.0 Å². The van der Waals surface area contributed by atoms with Crippen molar-refractivity contribution in [1.29, 1.82) is 0 Å². The Kier molecular flexibility index (Phi) is 4.57. The number of carbonyl (C=O) groups is 1. The summed E-state index contributed by atoms with van der Waals surface area (Å²) in [6.45, 7) is 4.08. The number of rotatable bonds is 5. The van der Waals surface area contributed by atoms with Gasteiger partial charge >= 0.3 is 5.97 Å². The third-order valence-electron chi connectivity index (χ3n) is 4.54. The molecule has 2 aromatic rings. The van der Waals surface area contributed by atoms with Crippen LogP contribution in [0.25, 0.3) is 0 Å². The van der Waals surface area contributed by atoms with Gasteiger partial charge in [0.25, 0.3) is 0 Å². The van der Waals surface area contributed by atoms with Crippen molar-refractivity contribution in [3.05, 3.63) is 54.4 Å². The average Bonchev–Trinajstić information content (AvgIpc) is 2.97. The molecular formula is C18H22N4O2. The molecule has 24 heavy (non-hydrogen) atoms. The molecule has 3 heterocycles. The van der Waals surface area contributed by atoms with Crippen LogP contribution >= 0.6 is 0 Å². The monoisotopic (exact) mass is 326 g/mol. The maximum absolute atomic E-state index is 12.1. The van der Waals surface area contributed by atoms with Gasteiger partial charge in [0.15, 0.2) is 0 Å². The number of carboxylic acids is 1. The molecular weight excluding hydrogens is 304 g/mol. The van der Waals surface area contributed by atoms with Crippen LogP contribution in [0.4, 0.5) is 0 Å². The largest absolute Gasteiger partial charge is 0.480 e. The van der Waals surface area contributed by atoms with Gasteiger partial charge in [0.05, 0.1) is 17.4 Å². The molecule has 126 valence electrons. The summed E-state index contributed by atoms with van der Waals surface area (Å²) in [5.74, 6) is -0.634. The number of nitrogens with one attached hydrogen (secondary N) is 1. The maximum Gasteiger partial charge on any atom is 0.323 e. The lowest BCUT2D eigenvalue weighted by atomic mass is 9.83. The summed E-state index contributed by atoms with van der Waals surface area (Å²) in [4.78, 5) is 25.1. The van der Waals surface area contributed by atoms with Crippen molar-refractivity contribution in [2.24, 2.45) is 5.92 Å². The zero-order valence-corrected chi connectivity index (χ0v) is 13.9. The second-order valence-corrected chi connectivity index (χ2v) is 6.80. The minimum absolute atomic E-state index is 0.0801. The maximum atomic E-state index is 12.1. The van der Waals surface area contributed by atoms with Crippen LogP contribution in [0.3, 0.4) is 0 Å². The van der Waals surface area contributed by atoms with E-state index >= 15 is 0 Å². The van der Waals surface area contributed by atoms with Crippen LogP contribution in [-0.4, -0.2) is 31.6 Å². The summed E-state index contributed by atoms with van der Waals surface area (Å²) in [6.07, 6.45) is 7.75. The highest BCUT2D eigenvalue weighted by Gasteiger charge is 2.51. The predicted octanol–water partition coefficient (Wildman–Crippen LogP) is 2.56. The average molecular weight is 326 g/mol. The van der Waals surface area contributed by atoms with Crippen molar-refractivity contribution < 1.29 is 9.90 Å². The lowest BCUT2D eigenvalue weighted by Crippen LogP contribution is -2.49. The van der Waals surface area contributed by atoms with Crippen molar-refractivity contribution in [1.82, 2.24) is 20.3 Å². The van der Waals surface area contributed by atoms with E-state index in [4.69, 9.17) is 0 Å². The Morgan fingerprint density at radius 3 is 2.67 bits per heavy atom. The molecule has 6 heteroatoms. The molecule has 0 spiro atoms. The van der Waals surface area contributed by atoms with Crippen LogP contribution in [0.5, 0.6) is 0 Å². The van der Waals surface area contributed by atoms with E-state index in [0.29, 0.717) is 12.8 Å². The van der Waals surface area contributed by atoms with Crippen molar-refractivity contribution in [3.63, 3.8) is 0 Å². The van der Waals surface area contributed by atoms with E-state index in [-0.39, 0.29) is 17.9 Å². The summed E-state index contributed by atoms with van der Waals surface area (Å²) < 4.78 is 0. The first kappa shape index (κ1) is 16.5. The molecule has 1 saturated heterocycles. The topological polar surface area (TPSA) is 88.0 Å². The zero-order valence-electron chi connectivity index (χ0n) is 13.9. The molecule has 2 N–H and O–H groups in total. The fourth-order valence-corrected chi connectivity index (χ4v) is 3.64. The van der Waals surface area contributed by atoms with Crippen LogP contribution < -0.4 is 5.32 Å². The second kappa shape index (κ2) is 6.65. The first-order valence-corrected chi connectivity index (χ1v) is 8.20. The van der Waals surface area contributed by atoms with Crippen molar-refractivity contribution in [2.75, 3.05) is 0 Å². The van der Waals surface area contributed by atoms with E-state index in [9.17, 15) is 9.90 Å². The Hall–Kier alpha value is -2.34. The Balaban J connectivity index is 2.02. The van der Waals surface area contributed by atoms with Gasteiger partial charge in [-0.2, -0.15) is 0 Å². The fraction of sp³-hybridized carbons (Fsp3) is 0.444. The van der Waals surface area contributed by atoms with Gasteiger partial charge in [-0.25, -0.2) is 0 Å². The molecule has 1 fully saturated rings. The SMILES string of the molecule is CC(C)C[C@@]1(C(=O)O)C[C@H](c2cnccn2)[C@H](c2ccccn2)N1. The third kappa shape index (κ3) is 3.14. The molecule has 3 atom stereocenters. The molecule has 0 amide bonds. The molecule has 2 aromatic heterocycles. The van der Waals surface area contributed by atoms with Crippen LogP contribution in [0.2, 0.25) is 0 Å². The normalized spacial score (nSPS) is 26.6. The Morgan fingerprint density at radius 1 is 1.29 bits per heavy atom. The van der Waals surface area contributed by atoms with E-state index in [1.165, 1.54) is 0 Å². The first-order chi connectivity index (χ1) is 11.5. The summed E-state index contributed by atoms with van der Waals surface area (Å²) >= 11 is 0. The highest BCUT2D eigenvalue weighted by Crippen LogP contribution is 2.45. The predicted molar refractivity (Wildman–Crippen MR) is 89.3 cm³/mol. The van der Waals surface area contributed by atoms with Crippen LogP contribution in [0.15, 0.2) is 43.0 Å². The smallest absolute Gasteiger partial charge is 0.323 e. The summed E-state index contributed by atoms with van der Waals surface area (Å²) in [5, 5.41) is 13.3. The standard InChI is InChI=1S/C18H22N4O2/c1-12(2)9-18(17(23)24)10-13(15-11-19-7-8-21-15)16(22-18)14-5-3-4-6-20-14/h3-8,11-13,16,22H,9-10H2,1-2H3,(H,23,24)/t13-,16-,18+/m1/s1. The van der Waals surface area contributed by atoms with E-state index in [0.717, 1.165) is 11.4 Å². The lowest BCUT2D eigenvalue weighted by molar-refractivity contribution is -0.145. The molecule has 0 aromatic carbocycles. The minimum Gasteiger partial charge on any atom is -0.480 e. The minimum atomic E-state index is -0.974. The summed E-state index contributed by atoms with van der Waals surface area (Å²) in [5.41, 5.74) is 0.658. The summed E-state index contributed by atoms with van der Waals surface area (Å²) in [6, 6.07) is 5.50. The summed E-state index contributed by atoms with van der Waals surface area (Å²) in [7, 11) is 0. The van der Waals surface area contributed by atoms with Gasteiger partial charge in [-0.1, -0.05) is 19.9 Å². The Bertz CT molecular complexity index is 643. The van der Waals surface area contributed by atoms with Crippen LogP contribution in [0.1, 0.15) is 50.0 Å². The number of hydrogen-bond acceptors (Lipinski definition) is 5. The van der Waals surface area contributed by atoms with Crippen LogP contribution in [-0.2, 0) is 4.79 Å². The molecule has 0 radical (unpaired) electrons. The number of carboxylic acid groups (broad SMARTS) is 1. The molecule has 1 aliphatic rings. The molecule has 1 aliphatic heterocycles. The second-order valence-electron chi connectivity index (χ2n) is 6.80. The highest BCUT2D eigenvalue weighted by molar-refractivity contribution is 5.79. The van der Waals surface area contributed by atoms with Gasteiger partial charge in [0.1, 0.15) is 5.54 Å². The van der Waals surface area contributed by atoms with E-state index < -0.39 is 11.5 Å². The lowest BCUT2D eigenvalue weighted by Gasteiger charge is -2.27. The first-order valence-electron chi connectivity index (χ1n) is 8.20. The number of aromatic nitrogens is 3. The molecule has 0 saturated carbocycles. The van der Waals surface area contributed by atoms with Crippen LogP contribution in [0, 0.1) is 5.92 Å². The van der Waals surface area contributed by atoms with Gasteiger partial charge < -0.3 is 5.11 Å². The zero-order chi connectivity index (χ0) is 17.2. The van der Waals surface area contributed by atoms with Crippen molar-refractivity contribution >= 4 is 5.97 Å². The van der Waals surface area contributed by atoms with Crippen molar-refractivity contribution in [2.45, 2.75) is 44.2 Å². The van der Waals surface area contributed by atoms with E-state index in [1.54, 1.807) is 24.8 Å². The van der Waals surface area contributed by atoms with Gasteiger partial charge in [0.2, 0.25) is 0 Å².